The summed E-state index contributed by atoms with van der Waals surface area (Å²) in [5, 5.41) is 5.04. The smallest absolute Gasteiger partial charge is 0.0483 e. The third-order valence-electron chi connectivity index (χ3n) is 4.21. The molecule has 0 saturated heterocycles. The Morgan fingerprint density at radius 1 is 1.33 bits per heavy atom. The summed E-state index contributed by atoms with van der Waals surface area (Å²) in [6, 6.07) is 7.64. The maximum Gasteiger partial charge on any atom is 0.0483 e. The van der Waals surface area contributed by atoms with Crippen LogP contribution in [-0.4, -0.2) is 10.6 Å². The monoisotopic (exact) mass is 242 g/mol. The Kier molecular flexibility index (Phi) is 2.90. The van der Waals surface area contributed by atoms with E-state index in [-0.39, 0.29) is 0 Å². The molecule has 0 unspecified atom stereocenters. The number of nitrogens with one attached hydrogen (secondary N) is 1. The summed E-state index contributed by atoms with van der Waals surface area (Å²) in [4.78, 5) is 0. The number of fused-ring (bicyclic) bond motifs is 1. The molecule has 3 rings (SSSR count). The summed E-state index contributed by atoms with van der Waals surface area (Å²) in [5.74, 6) is 0. The van der Waals surface area contributed by atoms with Crippen LogP contribution in [0.4, 0.5) is 0 Å². The first-order chi connectivity index (χ1) is 8.70. The number of hydrogen-bond acceptors (Lipinski definition) is 1. The Labute approximate surface area is 109 Å². The molecule has 96 valence electrons. The molecule has 0 spiro atoms. The molecule has 18 heavy (non-hydrogen) atoms. The highest BCUT2D eigenvalue weighted by molar-refractivity contribution is 5.86. The minimum Gasteiger partial charge on any atom is -0.346 e. The van der Waals surface area contributed by atoms with E-state index in [0.29, 0.717) is 0 Å². The molecule has 1 aromatic carbocycles. The standard InChI is InChI=1S/C16H22N2/c1-4-12-5-8-15-14(9-12)11(2)16(18(15)3)10-17-13-6-7-13/h5,8-9,13,17H,4,6-7,10H2,1-3H3. The predicted octanol–water partition coefficient (Wildman–Crippen LogP) is 3.30. The minimum atomic E-state index is 0.772. The second-order valence-electron chi connectivity index (χ2n) is 5.49. The lowest BCUT2D eigenvalue weighted by atomic mass is 10.1. The van der Waals surface area contributed by atoms with Crippen LogP contribution >= 0.6 is 0 Å². The molecule has 1 saturated carbocycles. The molecule has 1 aromatic heterocycles. The molecule has 1 aliphatic carbocycles. The van der Waals surface area contributed by atoms with E-state index < -0.39 is 0 Å². The number of benzene rings is 1. The zero-order chi connectivity index (χ0) is 12.7. The molecular weight excluding hydrogens is 220 g/mol. The van der Waals surface area contributed by atoms with Crippen LogP contribution in [0.15, 0.2) is 18.2 Å². The van der Waals surface area contributed by atoms with Crippen LogP contribution in [0.25, 0.3) is 10.9 Å². The second kappa shape index (κ2) is 4.43. The lowest BCUT2D eigenvalue weighted by molar-refractivity contribution is 0.652. The van der Waals surface area contributed by atoms with Gasteiger partial charge in [-0.2, -0.15) is 0 Å². The summed E-state index contributed by atoms with van der Waals surface area (Å²) in [5.41, 5.74) is 5.66. The van der Waals surface area contributed by atoms with Gasteiger partial charge in [0.25, 0.3) is 0 Å². The van der Waals surface area contributed by atoms with Gasteiger partial charge in [-0.3, -0.25) is 0 Å². The number of aryl methyl sites for hydroxylation is 3. The summed E-state index contributed by atoms with van der Waals surface area (Å²) >= 11 is 0. The van der Waals surface area contributed by atoms with Crippen molar-refractivity contribution in [2.24, 2.45) is 7.05 Å². The van der Waals surface area contributed by atoms with Crippen LogP contribution in [0.3, 0.4) is 0 Å². The molecular formula is C16H22N2. The molecule has 1 fully saturated rings. The highest BCUT2D eigenvalue weighted by Crippen LogP contribution is 2.27. The van der Waals surface area contributed by atoms with E-state index in [1.807, 2.05) is 0 Å². The van der Waals surface area contributed by atoms with Gasteiger partial charge in [0.05, 0.1) is 0 Å². The van der Waals surface area contributed by atoms with Gasteiger partial charge in [0.15, 0.2) is 0 Å². The molecule has 0 amide bonds. The first kappa shape index (κ1) is 11.8. The maximum absolute atomic E-state index is 3.62. The van der Waals surface area contributed by atoms with Gasteiger partial charge in [0.1, 0.15) is 0 Å². The van der Waals surface area contributed by atoms with Crippen molar-refractivity contribution in [3.05, 3.63) is 35.0 Å². The van der Waals surface area contributed by atoms with Gasteiger partial charge < -0.3 is 9.88 Å². The fourth-order valence-electron chi connectivity index (χ4n) is 2.73. The van der Waals surface area contributed by atoms with Gasteiger partial charge in [0.2, 0.25) is 0 Å². The van der Waals surface area contributed by atoms with Crippen molar-refractivity contribution in [2.75, 3.05) is 0 Å². The van der Waals surface area contributed by atoms with Gasteiger partial charge in [-0.1, -0.05) is 13.0 Å². The van der Waals surface area contributed by atoms with E-state index in [1.165, 1.54) is 40.6 Å². The van der Waals surface area contributed by atoms with Crippen LogP contribution in [0, 0.1) is 6.92 Å². The normalized spacial score (nSPS) is 15.5. The number of nitrogens with zero attached hydrogens (tertiary/aromatic N) is 1. The Hall–Kier alpha value is -1.28. The summed E-state index contributed by atoms with van der Waals surface area (Å²) in [6.45, 7) is 5.48. The number of hydrogen-bond donors (Lipinski definition) is 1. The van der Waals surface area contributed by atoms with Gasteiger partial charge in [-0.25, -0.2) is 0 Å². The van der Waals surface area contributed by atoms with Crippen molar-refractivity contribution >= 4 is 10.9 Å². The quantitative estimate of drug-likeness (QED) is 0.870. The third kappa shape index (κ3) is 1.95. The van der Waals surface area contributed by atoms with Crippen molar-refractivity contribution in [1.29, 1.82) is 0 Å². The predicted molar refractivity (Wildman–Crippen MR) is 76.9 cm³/mol. The fourth-order valence-corrected chi connectivity index (χ4v) is 2.73. The molecule has 0 bridgehead atoms. The topological polar surface area (TPSA) is 17.0 Å². The first-order valence-corrected chi connectivity index (χ1v) is 7.01. The van der Waals surface area contributed by atoms with E-state index >= 15 is 0 Å². The molecule has 2 nitrogen and oxygen atoms in total. The van der Waals surface area contributed by atoms with Gasteiger partial charge in [-0.05, 0) is 49.4 Å². The zero-order valence-electron chi connectivity index (χ0n) is 11.6. The largest absolute Gasteiger partial charge is 0.346 e. The SMILES string of the molecule is CCc1ccc2c(c1)c(C)c(CNC1CC1)n2C. The zero-order valence-corrected chi connectivity index (χ0v) is 11.6. The van der Waals surface area contributed by atoms with E-state index in [9.17, 15) is 0 Å². The number of aromatic nitrogens is 1. The van der Waals surface area contributed by atoms with Crippen molar-refractivity contribution in [1.82, 2.24) is 9.88 Å². The third-order valence-corrected chi connectivity index (χ3v) is 4.21. The molecule has 0 aliphatic heterocycles. The Bertz CT molecular complexity index is 576. The Morgan fingerprint density at radius 2 is 2.11 bits per heavy atom. The minimum absolute atomic E-state index is 0.772. The van der Waals surface area contributed by atoms with E-state index in [2.05, 4.69) is 49.0 Å². The van der Waals surface area contributed by atoms with Crippen LogP contribution in [0.5, 0.6) is 0 Å². The Morgan fingerprint density at radius 3 is 2.78 bits per heavy atom. The summed E-state index contributed by atoms with van der Waals surface area (Å²) in [7, 11) is 2.19. The molecule has 2 aromatic rings. The lowest BCUT2D eigenvalue weighted by Gasteiger charge is -2.06. The average molecular weight is 242 g/mol. The van der Waals surface area contributed by atoms with E-state index in [4.69, 9.17) is 0 Å². The Balaban J connectivity index is 2.01. The molecule has 0 radical (unpaired) electrons. The van der Waals surface area contributed by atoms with Crippen molar-refractivity contribution < 1.29 is 0 Å². The highest BCUT2D eigenvalue weighted by Gasteiger charge is 2.21. The van der Waals surface area contributed by atoms with Crippen LogP contribution in [0.2, 0.25) is 0 Å². The molecule has 1 N–H and O–H groups in total. The summed E-state index contributed by atoms with van der Waals surface area (Å²) in [6.07, 6.45) is 3.81. The summed E-state index contributed by atoms with van der Waals surface area (Å²) < 4.78 is 2.35. The fraction of sp³-hybridized carbons (Fsp3) is 0.500. The van der Waals surface area contributed by atoms with Crippen LogP contribution in [-0.2, 0) is 20.0 Å². The highest BCUT2D eigenvalue weighted by atomic mass is 15.0. The molecule has 1 heterocycles. The number of rotatable bonds is 4. The second-order valence-corrected chi connectivity index (χ2v) is 5.49. The molecule has 2 heteroatoms. The van der Waals surface area contributed by atoms with E-state index in [1.54, 1.807) is 0 Å². The molecule has 0 atom stereocenters. The van der Waals surface area contributed by atoms with Gasteiger partial charge in [-0.15, -0.1) is 0 Å². The lowest BCUT2D eigenvalue weighted by Crippen LogP contribution is -2.17. The maximum atomic E-state index is 3.62. The van der Waals surface area contributed by atoms with Gasteiger partial charge >= 0.3 is 0 Å². The van der Waals surface area contributed by atoms with E-state index in [0.717, 1.165) is 19.0 Å². The average Bonchev–Trinajstić information content (AvgIpc) is 3.18. The van der Waals surface area contributed by atoms with Crippen LogP contribution < -0.4 is 5.32 Å². The van der Waals surface area contributed by atoms with Gasteiger partial charge in [0, 0.05) is 36.2 Å². The van der Waals surface area contributed by atoms with Crippen molar-refractivity contribution in [3.8, 4) is 0 Å². The molecule has 1 aliphatic rings. The van der Waals surface area contributed by atoms with Crippen molar-refractivity contribution in [3.63, 3.8) is 0 Å². The van der Waals surface area contributed by atoms with Crippen molar-refractivity contribution in [2.45, 2.75) is 45.7 Å². The first-order valence-electron chi connectivity index (χ1n) is 7.01. The van der Waals surface area contributed by atoms with Crippen LogP contribution in [0.1, 0.15) is 36.6 Å².